The summed E-state index contributed by atoms with van der Waals surface area (Å²) in [5, 5.41) is 0. The molecular weight excluding hydrogens is 261 g/mol. The van der Waals surface area contributed by atoms with Crippen LogP contribution in [0.4, 0.5) is 0 Å². The van der Waals surface area contributed by atoms with Crippen LogP contribution < -0.4 is 0 Å². The fourth-order valence-electron chi connectivity index (χ4n) is 2.71. The highest BCUT2D eigenvalue weighted by Gasteiger charge is 2.08. The number of hydrogen-bond donors (Lipinski definition) is 0. The first kappa shape index (κ1) is 20.4. The van der Waals surface area contributed by atoms with Crippen LogP contribution in [-0.2, 0) is 0 Å². The summed E-state index contributed by atoms with van der Waals surface area (Å²) in [6.45, 7) is 9.49. The van der Waals surface area contributed by atoms with E-state index in [1.54, 1.807) is 0 Å². The van der Waals surface area contributed by atoms with Gasteiger partial charge in [-0.2, -0.15) is 0 Å². The molecule has 0 aliphatic carbocycles. The van der Waals surface area contributed by atoms with Crippen LogP contribution in [0.25, 0.3) is 0 Å². The molecule has 0 saturated heterocycles. The van der Waals surface area contributed by atoms with Gasteiger partial charge in [-0.3, -0.25) is 4.90 Å². The minimum absolute atomic E-state index is 0.640. The first-order valence-electron chi connectivity index (χ1n) is 9.22. The van der Waals surface area contributed by atoms with Gasteiger partial charge in [-0.1, -0.05) is 78.1 Å². The van der Waals surface area contributed by atoms with Crippen LogP contribution >= 0.6 is 9.24 Å². The predicted octanol–water partition coefficient (Wildman–Crippen LogP) is 6.23. The third-order valence-corrected chi connectivity index (χ3v) is 4.60. The first-order valence-corrected chi connectivity index (χ1v) is 9.88. The Bertz CT molecular complexity index is 166. The molecule has 0 radical (unpaired) electrons. The molecule has 2 unspecified atom stereocenters. The van der Waals surface area contributed by atoms with E-state index in [4.69, 9.17) is 0 Å². The SMILES string of the molecule is CCCCCCCCN(CCCCCCCC)C(C)P. The van der Waals surface area contributed by atoms with Crippen LogP contribution in [0, 0.1) is 0 Å². The van der Waals surface area contributed by atoms with E-state index in [1.807, 2.05) is 0 Å². The van der Waals surface area contributed by atoms with Crippen molar-refractivity contribution in [3.05, 3.63) is 0 Å². The van der Waals surface area contributed by atoms with Crippen molar-refractivity contribution in [1.82, 2.24) is 4.90 Å². The maximum atomic E-state index is 2.98. The molecule has 0 N–H and O–H groups in total. The van der Waals surface area contributed by atoms with Gasteiger partial charge < -0.3 is 0 Å². The summed E-state index contributed by atoms with van der Waals surface area (Å²) in [5.41, 5.74) is 0. The highest BCUT2D eigenvalue weighted by Crippen LogP contribution is 2.13. The molecule has 0 rings (SSSR count). The van der Waals surface area contributed by atoms with Gasteiger partial charge in [0.1, 0.15) is 0 Å². The molecule has 20 heavy (non-hydrogen) atoms. The number of rotatable bonds is 15. The van der Waals surface area contributed by atoms with Crippen LogP contribution in [-0.4, -0.2) is 23.8 Å². The third kappa shape index (κ3) is 13.4. The second-order valence-corrected chi connectivity index (χ2v) is 7.28. The zero-order valence-corrected chi connectivity index (χ0v) is 15.7. The molecule has 0 saturated carbocycles. The fraction of sp³-hybridized carbons (Fsp3) is 1.00. The molecule has 0 fully saturated rings. The summed E-state index contributed by atoms with van der Waals surface area (Å²) in [6.07, 6.45) is 16.9. The van der Waals surface area contributed by atoms with Crippen molar-refractivity contribution in [3.63, 3.8) is 0 Å². The van der Waals surface area contributed by atoms with E-state index in [-0.39, 0.29) is 0 Å². The Labute approximate surface area is 131 Å². The highest BCUT2D eigenvalue weighted by molar-refractivity contribution is 7.17. The van der Waals surface area contributed by atoms with Crippen molar-refractivity contribution in [2.75, 3.05) is 13.1 Å². The smallest absolute Gasteiger partial charge is 0.0211 e. The van der Waals surface area contributed by atoms with Crippen LogP contribution in [0.5, 0.6) is 0 Å². The molecule has 0 aliphatic rings. The Morgan fingerprint density at radius 2 is 1.00 bits per heavy atom. The van der Waals surface area contributed by atoms with Crippen LogP contribution in [0.15, 0.2) is 0 Å². The lowest BCUT2D eigenvalue weighted by atomic mass is 10.1. The van der Waals surface area contributed by atoms with Crippen LogP contribution in [0.1, 0.15) is 97.8 Å². The first-order chi connectivity index (χ1) is 9.72. The van der Waals surface area contributed by atoms with Gasteiger partial charge in [-0.05, 0) is 32.9 Å². The van der Waals surface area contributed by atoms with Crippen molar-refractivity contribution in [1.29, 1.82) is 0 Å². The van der Waals surface area contributed by atoms with Crippen molar-refractivity contribution in [2.45, 2.75) is 104 Å². The normalized spacial score (nSPS) is 13.1. The van der Waals surface area contributed by atoms with Crippen molar-refractivity contribution < 1.29 is 0 Å². The lowest BCUT2D eigenvalue weighted by Crippen LogP contribution is -2.31. The van der Waals surface area contributed by atoms with E-state index >= 15 is 0 Å². The maximum Gasteiger partial charge on any atom is 0.0211 e. The number of hydrogen-bond acceptors (Lipinski definition) is 1. The maximum absolute atomic E-state index is 2.98. The Balaban J connectivity index is 3.51. The minimum atomic E-state index is 0.640. The van der Waals surface area contributed by atoms with Gasteiger partial charge in [-0.15, -0.1) is 9.24 Å². The van der Waals surface area contributed by atoms with E-state index in [9.17, 15) is 0 Å². The summed E-state index contributed by atoms with van der Waals surface area (Å²) < 4.78 is 0. The van der Waals surface area contributed by atoms with Gasteiger partial charge in [0.2, 0.25) is 0 Å². The number of nitrogens with zero attached hydrogens (tertiary/aromatic N) is 1. The summed E-state index contributed by atoms with van der Waals surface area (Å²) in [4.78, 5) is 2.66. The summed E-state index contributed by atoms with van der Waals surface area (Å²) in [7, 11) is 2.98. The molecular formula is C18H40NP. The molecule has 1 nitrogen and oxygen atoms in total. The van der Waals surface area contributed by atoms with Gasteiger partial charge in [0.05, 0.1) is 0 Å². The second-order valence-electron chi connectivity index (χ2n) is 6.31. The average Bonchev–Trinajstić information content (AvgIpc) is 2.43. The predicted molar refractivity (Wildman–Crippen MR) is 97.5 cm³/mol. The van der Waals surface area contributed by atoms with Gasteiger partial charge in [-0.25, -0.2) is 0 Å². The fourth-order valence-corrected chi connectivity index (χ4v) is 3.01. The topological polar surface area (TPSA) is 3.24 Å². The molecule has 0 aliphatic heterocycles. The molecule has 2 atom stereocenters. The average molecular weight is 301 g/mol. The molecule has 0 spiro atoms. The monoisotopic (exact) mass is 301 g/mol. The molecule has 0 heterocycles. The molecule has 0 aromatic carbocycles. The van der Waals surface area contributed by atoms with E-state index in [0.717, 1.165) is 0 Å². The molecule has 2 heteroatoms. The van der Waals surface area contributed by atoms with Crippen LogP contribution in [0.3, 0.4) is 0 Å². The summed E-state index contributed by atoms with van der Waals surface area (Å²) in [5.74, 6) is 0.640. The van der Waals surface area contributed by atoms with Gasteiger partial charge in [0, 0.05) is 5.78 Å². The highest BCUT2D eigenvalue weighted by atomic mass is 31.0. The van der Waals surface area contributed by atoms with Gasteiger partial charge >= 0.3 is 0 Å². The lowest BCUT2D eigenvalue weighted by molar-refractivity contribution is 0.253. The third-order valence-electron chi connectivity index (χ3n) is 4.17. The zero-order valence-electron chi connectivity index (χ0n) is 14.5. The standard InChI is InChI=1S/C18H40NP/c1-4-6-8-10-12-14-16-19(18(3)20)17-15-13-11-9-7-5-2/h18H,4-17,20H2,1-3H3. The van der Waals surface area contributed by atoms with E-state index in [2.05, 4.69) is 34.9 Å². The Morgan fingerprint density at radius 1 is 0.650 bits per heavy atom. The molecule has 0 bridgehead atoms. The van der Waals surface area contributed by atoms with Crippen molar-refractivity contribution in [3.8, 4) is 0 Å². The quantitative estimate of drug-likeness (QED) is 0.256. The lowest BCUT2D eigenvalue weighted by Gasteiger charge is -2.26. The van der Waals surface area contributed by atoms with E-state index in [1.165, 1.54) is 90.1 Å². The van der Waals surface area contributed by atoms with Crippen molar-refractivity contribution >= 4 is 9.24 Å². The van der Waals surface area contributed by atoms with Gasteiger partial charge in [0.15, 0.2) is 0 Å². The summed E-state index contributed by atoms with van der Waals surface area (Å²) in [6, 6.07) is 0. The summed E-state index contributed by atoms with van der Waals surface area (Å²) >= 11 is 0. The molecule has 0 amide bonds. The second kappa shape index (κ2) is 15.8. The molecule has 0 aromatic heterocycles. The number of unbranched alkanes of at least 4 members (excludes halogenated alkanes) is 10. The molecule has 122 valence electrons. The largest absolute Gasteiger partial charge is 0.297 e. The van der Waals surface area contributed by atoms with Gasteiger partial charge in [0.25, 0.3) is 0 Å². The van der Waals surface area contributed by atoms with E-state index < -0.39 is 0 Å². The zero-order chi connectivity index (χ0) is 15.1. The van der Waals surface area contributed by atoms with Crippen LogP contribution in [0.2, 0.25) is 0 Å². The Morgan fingerprint density at radius 3 is 1.35 bits per heavy atom. The van der Waals surface area contributed by atoms with Crippen molar-refractivity contribution in [2.24, 2.45) is 0 Å². The molecule has 0 aromatic rings. The Hall–Kier alpha value is 0.390. The Kier molecular flexibility index (Phi) is 16.1. The van der Waals surface area contributed by atoms with E-state index in [0.29, 0.717) is 5.78 Å². The minimum Gasteiger partial charge on any atom is -0.297 e.